The van der Waals surface area contributed by atoms with Gasteiger partial charge in [-0.05, 0) is 44.2 Å². The topological polar surface area (TPSA) is 30.2 Å². The monoisotopic (exact) mass is 302 g/mol. The second-order valence-electron chi connectivity index (χ2n) is 5.01. The van der Waals surface area contributed by atoms with Gasteiger partial charge in [0.1, 0.15) is 11.4 Å². The normalized spacial score (nSPS) is 11.0. The Morgan fingerprint density at radius 2 is 1.90 bits per heavy atom. The van der Waals surface area contributed by atoms with Crippen LogP contribution in [0.2, 0.25) is 5.02 Å². The molecule has 2 nitrogen and oxygen atoms in total. The molecule has 0 aliphatic carbocycles. The second-order valence-corrected chi connectivity index (χ2v) is 5.42. The van der Waals surface area contributed by atoms with Crippen LogP contribution < -0.4 is 0 Å². The minimum Gasteiger partial charge on any atom is -0.452 e. The minimum atomic E-state index is -0.478. The van der Waals surface area contributed by atoms with Gasteiger partial charge in [0.25, 0.3) is 0 Å². The Bertz CT molecular complexity index is 865. The van der Waals surface area contributed by atoms with Gasteiger partial charge in [0, 0.05) is 16.5 Å². The summed E-state index contributed by atoms with van der Waals surface area (Å²) in [5.74, 6) is -0.580. The molecule has 0 saturated heterocycles. The summed E-state index contributed by atoms with van der Waals surface area (Å²) in [5.41, 5.74) is 2.74. The van der Waals surface area contributed by atoms with Gasteiger partial charge < -0.3 is 4.42 Å². The van der Waals surface area contributed by atoms with Gasteiger partial charge in [-0.15, -0.1) is 0 Å². The number of aryl methyl sites for hydroxylation is 2. The first-order valence-corrected chi connectivity index (χ1v) is 6.84. The van der Waals surface area contributed by atoms with E-state index in [1.807, 2.05) is 32.0 Å². The van der Waals surface area contributed by atoms with Crippen LogP contribution in [0, 0.1) is 19.7 Å². The molecule has 3 rings (SSSR count). The Balaban J connectivity index is 2.15. The van der Waals surface area contributed by atoms with Crippen LogP contribution in [-0.2, 0) is 0 Å². The average molecular weight is 303 g/mol. The number of carbonyl (C=O) groups is 1. The molecule has 0 radical (unpaired) electrons. The van der Waals surface area contributed by atoms with Crippen molar-refractivity contribution in [2.45, 2.75) is 13.8 Å². The lowest BCUT2D eigenvalue weighted by atomic mass is 10.0. The van der Waals surface area contributed by atoms with E-state index < -0.39 is 5.82 Å². The number of furan rings is 1. The number of ketones is 1. The van der Waals surface area contributed by atoms with Crippen LogP contribution in [0.15, 0.2) is 40.8 Å². The van der Waals surface area contributed by atoms with E-state index >= 15 is 0 Å². The summed E-state index contributed by atoms with van der Waals surface area (Å²) in [4.78, 5) is 12.6. The number of halogens is 2. The Morgan fingerprint density at radius 1 is 1.14 bits per heavy atom. The van der Waals surface area contributed by atoms with Gasteiger partial charge in [-0.3, -0.25) is 4.79 Å². The van der Waals surface area contributed by atoms with Crippen molar-refractivity contribution in [1.29, 1.82) is 0 Å². The third kappa shape index (κ3) is 2.34. The lowest BCUT2D eigenvalue weighted by Crippen LogP contribution is -2.02. The van der Waals surface area contributed by atoms with Crippen LogP contribution >= 0.6 is 11.6 Å². The standard InChI is InChI=1S/C17H12ClFO2/c1-9-3-6-15-13(7-9)10(2)17(21-15)16(20)12-5-4-11(19)8-14(12)18/h3-8H,1-2H3. The quantitative estimate of drug-likeness (QED) is 0.618. The van der Waals surface area contributed by atoms with Gasteiger partial charge >= 0.3 is 0 Å². The molecular weight excluding hydrogens is 291 g/mol. The number of hydrogen-bond donors (Lipinski definition) is 0. The zero-order valence-electron chi connectivity index (χ0n) is 11.5. The Morgan fingerprint density at radius 3 is 2.62 bits per heavy atom. The lowest BCUT2D eigenvalue weighted by Gasteiger charge is -2.02. The van der Waals surface area contributed by atoms with Crippen molar-refractivity contribution in [2.75, 3.05) is 0 Å². The highest BCUT2D eigenvalue weighted by Gasteiger charge is 2.21. The van der Waals surface area contributed by atoms with E-state index in [-0.39, 0.29) is 22.1 Å². The molecule has 4 heteroatoms. The van der Waals surface area contributed by atoms with Crippen molar-refractivity contribution in [3.8, 4) is 0 Å². The first-order valence-electron chi connectivity index (χ1n) is 6.47. The van der Waals surface area contributed by atoms with Crippen molar-refractivity contribution in [3.63, 3.8) is 0 Å². The highest BCUT2D eigenvalue weighted by Crippen LogP contribution is 2.29. The van der Waals surface area contributed by atoms with E-state index in [1.165, 1.54) is 12.1 Å². The van der Waals surface area contributed by atoms with Gasteiger partial charge in [0.15, 0.2) is 5.76 Å². The van der Waals surface area contributed by atoms with Crippen LogP contribution in [-0.4, -0.2) is 5.78 Å². The van der Waals surface area contributed by atoms with Crippen molar-refractivity contribution in [3.05, 3.63) is 69.7 Å². The smallest absolute Gasteiger partial charge is 0.230 e. The highest BCUT2D eigenvalue weighted by molar-refractivity contribution is 6.35. The predicted octanol–water partition coefficient (Wildman–Crippen LogP) is 5.07. The largest absolute Gasteiger partial charge is 0.452 e. The number of fused-ring (bicyclic) bond motifs is 1. The molecular formula is C17H12ClFO2. The van der Waals surface area contributed by atoms with Crippen molar-refractivity contribution in [2.24, 2.45) is 0 Å². The van der Waals surface area contributed by atoms with Gasteiger partial charge in [0.2, 0.25) is 5.78 Å². The summed E-state index contributed by atoms with van der Waals surface area (Å²) in [6.07, 6.45) is 0. The van der Waals surface area contributed by atoms with Gasteiger partial charge in [-0.2, -0.15) is 0 Å². The Labute approximate surface area is 126 Å². The summed E-state index contributed by atoms with van der Waals surface area (Å²) >= 11 is 5.95. The minimum absolute atomic E-state index is 0.0797. The van der Waals surface area contributed by atoms with Crippen molar-refractivity contribution in [1.82, 2.24) is 0 Å². The van der Waals surface area contributed by atoms with Crippen LogP contribution in [0.3, 0.4) is 0 Å². The molecule has 0 spiro atoms. The molecule has 0 aliphatic rings. The fraction of sp³-hybridized carbons (Fsp3) is 0.118. The zero-order chi connectivity index (χ0) is 15.1. The predicted molar refractivity (Wildman–Crippen MR) is 80.5 cm³/mol. The maximum absolute atomic E-state index is 13.1. The maximum atomic E-state index is 13.1. The average Bonchev–Trinajstić information content (AvgIpc) is 2.75. The molecule has 0 fully saturated rings. The highest BCUT2D eigenvalue weighted by atomic mass is 35.5. The number of rotatable bonds is 2. The molecule has 0 bridgehead atoms. The SMILES string of the molecule is Cc1ccc2oc(C(=O)c3ccc(F)cc3Cl)c(C)c2c1. The molecule has 1 aromatic heterocycles. The van der Waals surface area contributed by atoms with Gasteiger partial charge in [-0.25, -0.2) is 4.39 Å². The fourth-order valence-electron chi connectivity index (χ4n) is 2.35. The molecule has 0 N–H and O–H groups in total. The summed E-state index contributed by atoms with van der Waals surface area (Å²) in [6, 6.07) is 9.43. The number of benzene rings is 2. The maximum Gasteiger partial charge on any atom is 0.230 e. The molecule has 0 unspecified atom stereocenters. The number of carbonyl (C=O) groups excluding carboxylic acids is 1. The van der Waals surface area contributed by atoms with E-state index in [0.29, 0.717) is 5.58 Å². The zero-order valence-corrected chi connectivity index (χ0v) is 12.3. The Kier molecular flexibility index (Phi) is 3.30. The first kappa shape index (κ1) is 13.8. The van der Waals surface area contributed by atoms with Crippen molar-refractivity contribution >= 4 is 28.4 Å². The molecule has 106 valence electrons. The number of hydrogen-bond acceptors (Lipinski definition) is 2. The molecule has 0 atom stereocenters. The van der Waals surface area contributed by atoms with Crippen molar-refractivity contribution < 1.29 is 13.6 Å². The third-order valence-corrected chi connectivity index (χ3v) is 3.79. The lowest BCUT2D eigenvalue weighted by molar-refractivity contribution is 0.101. The van der Waals surface area contributed by atoms with E-state index in [1.54, 1.807) is 0 Å². The van der Waals surface area contributed by atoms with Crippen LogP contribution in [0.25, 0.3) is 11.0 Å². The molecule has 2 aromatic carbocycles. The van der Waals surface area contributed by atoms with E-state index in [0.717, 1.165) is 22.6 Å². The van der Waals surface area contributed by atoms with Gasteiger partial charge in [0.05, 0.1) is 5.02 Å². The Hall–Kier alpha value is -2.13. The van der Waals surface area contributed by atoms with E-state index in [4.69, 9.17) is 16.0 Å². The van der Waals surface area contributed by atoms with Crippen LogP contribution in [0.4, 0.5) is 4.39 Å². The van der Waals surface area contributed by atoms with Gasteiger partial charge in [-0.1, -0.05) is 23.2 Å². The van der Waals surface area contributed by atoms with E-state index in [9.17, 15) is 9.18 Å². The first-order chi connectivity index (χ1) is 9.97. The summed E-state index contributed by atoms with van der Waals surface area (Å²) in [6.45, 7) is 3.81. The third-order valence-electron chi connectivity index (χ3n) is 3.47. The molecule has 21 heavy (non-hydrogen) atoms. The molecule has 0 amide bonds. The fourth-order valence-corrected chi connectivity index (χ4v) is 2.60. The molecule has 0 saturated carbocycles. The summed E-state index contributed by atoms with van der Waals surface area (Å²) in [5, 5.41) is 0.979. The molecule has 1 heterocycles. The molecule has 0 aliphatic heterocycles. The summed E-state index contributed by atoms with van der Waals surface area (Å²) in [7, 11) is 0. The van der Waals surface area contributed by atoms with Crippen LogP contribution in [0.5, 0.6) is 0 Å². The van der Waals surface area contributed by atoms with Crippen LogP contribution in [0.1, 0.15) is 27.2 Å². The summed E-state index contributed by atoms with van der Waals surface area (Å²) < 4.78 is 18.7. The second kappa shape index (κ2) is 5.01. The van der Waals surface area contributed by atoms with E-state index in [2.05, 4.69) is 0 Å². The molecule has 3 aromatic rings.